The Morgan fingerprint density at radius 3 is 2.33 bits per heavy atom. The van der Waals surface area contributed by atoms with Crippen molar-refractivity contribution in [3.8, 4) is 5.75 Å². The third-order valence-electron chi connectivity index (χ3n) is 2.85. The predicted molar refractivity (Wildman–Crippen MR) is 68.2 cm³/mol. The molecule has 1 aromatic carbocycles. The SMILES string of the molecule is CNC(c1ccc(OC(F)(F)F)cc1)c1ccncc1F. The zero-order valence-corrected chi connectivity index (χ0v) is 11.0. The van der Waals surface area contributed by atoms with Gasteiger partial charge in [-0.1, -0.05) is 12.1 Å². The molecule has 0 radical (unpaired) electrons. The number of hydrogen-bond acceptors (Lipinski definition) is 3. The van der Waals surface area contributed by atoms with E-state index in [4.69, 9.17) is 0 Å². The van der Waals surface area contributed by atoms with E-state index in [9.17, 15) is 17.6 Å². The second-order valence-electron chi connectivity index (χ2n) is 4.24. The minimum absolute atomic E-state index is 0.323. The summed E-state index contributed by atoms with van der Waals surface area (Å²) in [5.41, 5.74) is 0.967. The third kappa shape index (κ3) is 3.91. The van der Waals surface area contributed by atoms with Crippen LogP contribution in [0, 0.1) is 5.82 Å². The lowest BCUT2D eigenvalue weighted by atomic mass is 9.99. The molecule has 7 heteroatoms. The fraction of sp³-hybridized carbons (Fsp3) is 0.214. The molecule has 112 valence electrons. The van der Waals surface area contributed by atoms with Crippen molar-refractivity contribution in [3.63, 3.8) is 0 Å². The topological polar surface area (TPSA) is 34.1 Å². The molecule has 1 unspecified atom stereocenters. The summed E-state index contributed by atoms with van der Waals surface area (Å²) >= 11 is 0. The van der Waals surface area contributed by atoms with Crippen LogP contribution in [0.2, 0.25) is 0 Å². The van der Waals surface area contributed by atoms with Crippen LogP contribution in [0.1, 0.15) is 17.2 Å². The Bertz CT molecular complexity index is 599. The number of alkyl halides is 3. The summed E-state index contributed by atoms with van der Waals surface area (Å²) in [4.78, 5) is 3.66. The summed E-state index contributed by atoms with van der Waals surface area (Å²) in [6.07, 6.45) is -2.20. The molecular weight excluding hydrogens is 288 g/mol. The van der Waals surface area contributed by atoms with E-state index >= 15 is 0 Å². The first kappa shape index (κ1) is 15.2. The van der Waals surface area contributed by atoms with E-state index in [2.05, 4.69) is 15.0 Å². The lowest BCUT2D eigenvalue weighted by Crippen LogP contribution is -2.19. The molecule has 0 spiro atoms. The van der Waals surface area contributed by atoms with Crippen LogP contribution in [-0.2, 0) is 0 Å². The Balaban J connectivity index is 2.26. The minimum atomic E-state index is -4.73. The van der Waals surface area contributed by atoms with Crippen molar-refractivity contribution in [2.45, 2.75) is 12.4 Å². The maximum atomic E-state index is 13.7. The van der Waals surface area contributed by atoms with E-state index in [1.54, 1.807) is 7.05 Å². The second-order valence-corrected chi connectivity index (χ2v) is 4.24. The highest BCUT2D eigenvalue weighted by Crippen LogP contribution is 2.27. The van der Waals surface area contributed by atoms with Gasteiger partial charge in [0.05, 0.1) is 12.2 Å². The number of nitrogens with one attached hydrogen (secondary N) is 1. The van der Waals surface area contributed by atoms with E-state index in [0.29, 0.717) is 11.1 Å². The molecule has 0 saturated heterocycles. The maximum Gasteiger partial charge on any atom is 0.573 e. The lowest BCUT2D eigenvalue weighted by Gasteiger charge is -2.18. The molecule has 1 heterocycles. The van der Waals surface area contributed by atoms with E-state index in [-0.39, 0.29) is 5.75 Å². The summed E-state index contributed by atoms with van der Waals surface area (Å²) in [5, 5.41) is 2.91. The average molecular weight is 300 g/mol. The number of ether oxygens (including phenoxy) is 1. The number of benzene rings is 1. The average Bonchev–Trinajstić information content (AvgIpc) is 2.42. The number of rotatable bonds is 4. The van der Waals surface area contributed by atoms with E-state index in [1.807, 2.05) is 0 Å². The molecule has 1 atom stereocenters. The van der Waals surface area contributed by atoms with Crippen LogP contribution in [0.25, 0.3) is 0 Å². The van der Waals surface area contributed by atoms with Crippen molar-refractivity contribution in [2.75, 3.05) is 7.05 Å². The molecule has 0 aliphatic rings. The smallest absolute Gasteiger partial charge is 0.406 e. The van der Waals surface area contributed by atoms with E-state index < -0.39 is 18.2 Å². The number of hydrogen-bond donors (Lipinski definition) is 1. The van der Waals surface area contributed by atoms with Gasteiger partial charge in [-0.3, -0.25) is 4.98 Å². The van der Waals surface area contributed by atoms with Crippen LogP contribution < -0.4 is 10.1 Å². The number of nitrogens with zero attached hydrogens (tertiary/aromatic N) is 1. The van der Waals surface area contributed by atoms with Crippen LogP contribution in [0.15, 0.2) is 42.7 Å². The first-order chi connectivity index (χ1) is 9.90. The van der Waals surface area contributed by atoms with Gasteiger partial charge in [-0.2, -0.15) is 0 Å². The lowest BCUT2D eigenvalue weighted by molar-refractivity contribution is -0.274. The van der Waals surface area contributed by atoms with Crippen molar-refractivity contribution < 1.29 is 22.3 Å². The van der Waals surface area contributed by atoms with E-state index in [0.717, 1.165) is 6.20 Å². The normalized spacial score (nSPS) is 13.0. The molecule has 0 aliphatic carbocycles. The van der Waals surface area contributed by atoms with Gasteiger partial charge in [-0.05, 0) is 30.8 Å². The van der Waals surface area contributed by atoms with Crippen molar-refractivity contribution in [2.24, 2.45) is 0 Å². The second kappa shape index (κ2) is 6.09. The molecule has 0 amide bonds. The Labute approximate surface area is 118 Å². The van der Waals surface area contributed by atoms with Crippen LogP contribution in [0.5, 0.6) is 5.75 Å². The predicted octanol–water partition coefficient (Wildman–Crippen LogP) is 3.43. The Hall–Kier alpha value is -2.15. The van der Waals surface area contributed by atoms with Crippen molar-refractivity contribution in [3.05, 3.63) is 59.7 Å². The van der Waals surface area contributed by atoms with Crippen molar-refractivity contribution >= 4 is 0 Å². The van der Waals surface area contributed by atoms with Gasteiger partial charge in [0.15, 0.2) is 0 Å². The highest BCUT2D eigenvalue weighted by Gasteiger charge is 2.31. The van der Waals surface area contributed by atoms with Crippen molar-refractivity contribution in [1.29, 1.82) is 0 Å². The first-order valence-corrected chi connectivity index (χ1v) is 6.03. The van der Waals surface area contributed by atoms with Crippen LogP contribution in [0.3, 0.4) is 0 Å². The maximum absolute atomic E-state index is 13.7. The fourth-order valence-corrected chi connectivity index (χ4v) is 1.98. The van der Waals surface area contributed by atoms with Crippen LogP contribution in [0.4, 0.5) is 17.6 Å². The molecule has 1 N–H and O–H groups in total. The molecule has 0 saturated carbocycles. The largest absolute Gasteiger partial charge is 0.573 e. The minimum Gasteiger partial charge on any atom is -0.406 e. The number of pyridine rings is 1. The van der Waals surface area contributed by atoms with Gasteiger partial charge in [-0.15, -0.1) is 13.2 Å². The molecule has 21 heavy (non-hydrogen) atoms. The molecule has 0 bridgehead atoms. The number of halogens is 4. The highest BCUT2D eigenvalue weighted by molar-refractivity contribution is 5.35. The summed E-state index contributed by atoms with van der Waals surface area (Å²) in [7, 11) is 1.63. The molecule has 2 aromatic rings. The first-order valence-electron chi connectivity index (χ1n) is 6.03. The molecular formula is C14H12F4N2O. The molecule has 2 rings (SSSR count). The van der Waals surface area contributed by atoms with Crippen molar-refractivity contribution in [1.82, 2.24) is 10.3 Å². The van der Waals surface area contributed by atoms with E-state index in [1.165, 1.54) is 36.5 Å². The Kier molecular flexibility index (Phi) is 4.42. The van der Waals surface area contributed by atoms with Gasteiger partial charge in [0.2, 0.25) is 0 Å². The summed E-state index contributed by atoms with van der Waals surface area (Å²) in [6, 6.07) is 6.28. The van der Waals surface area contributed by atoms with Crippen LogP contribution in [-0.4, -0.2) is 18.4 Å². The molecule has 1 aromatic heterocycles. The molecule has 0 aliphatic heterocycles. The quantitative estimate of drug-likeness (QED) is 0.878. The highest BCUT2D eigenvalue weighted by atomic mass is 19.4. The zero-order valence-electron chi connectivity index (χ0n) is 11.0. The molecule has 3 nitrogen and oxygen atoms in total. The number of aromatic nitrogens is 1. The van der Waals surface area contributed by atoms with Gasteiger partial charge in [0, 0.05) is 11.8 Å². The van der Waals surface area contributed by atoms with Gasteiger partial charge >= 0.3 is 6.36 Å². The summed E-state index contributed by atoms with van der Waals surface area (Å²) < 4.78 is 53.8. The Morgan fingerprint density at radius 1 is 1.14 bits per heavy atom. The third-order valence-corrected chi connectivity index (χ3v) is 2.85. The summed E-state index contributed by atoms with van der Waals surface area (Å²) in [6.45, 7) is 0. The van der Waals surface area contributed by atoms with Gasteiger partial charge < -0.3 is 10.1 Å². The van der Waals surface area contributed by atoms with Gasteiger partial charge in [0.25, 0.3) is 0 Å². The van der Waals surface area contributed by atoms with Crippen LogP contribution >= 0.6 is 0 Å². The standard InChI is InChI=1S/C14H12F4N2O/c1-19-13(11-6-7-20-8-12(11)15)9-2-4-10(5-3-9)21-14(16,17)18/h2-8,13,19H,1H3. The Morgan fingerprint density at radius 2 is 1.81 bits per heavy atom. The monoisotopic (exact) mass is 300 g/mol. The summed E-state index contributed by atoms with van der Waals surface area (Å²) in [5.74, 6) is -0.816. The fourth-order valence-electron chi connectivity index (χ4n) is 1.98. The zero-order chi connectivity index (χ0) is 15.5. The van der Waals surface area contributed by atoms with Gasteiger partial charge in [-0.25, -0.2) is 4.39 Å². The molecule has 0 fully saturated rings. The van der Waals surface area contributed by atoms with Gasteiger partial charge in [0.1, 0.15) is 11.6 Å².